The van der Waals surface area contributed by atoms with Gasteiger partial charge in [-0.15, -0.1) is 0 Å². The van der Waals surface area contributed by atoms with Gasteiger partial charge in [-0.2, -0.15) is 0 Å². The third-order valence-corrected chi connectivity index (χ3v) is 9.88. The second kappa shape index (κ2) is 9.19. The summed E-state index contributed by atoms with van der Waals surface area (Å²) in [4.78, 5) is 13.5. The molecule has 2 aromatic rings. The number of hydrogen-bond acceptors (Lipinski definition) is 4. The molecule has 0 aromatic heterocycles. The number of anilines is 1. The van der Waals surface area contributed by atoms with Crippen molar-refractivity contribution in [3.8, 4) is 5.75 Å². The first-order valence-corrected chi connectivity index (χ1v) is 14.3. The summed E-state index contributed by atoms with van der Waals surface area (Å²) in [6.45, 7) is 2.16. The van der Waals surface area contributed by atoms with E-state index >= 15 is 0 Å². The van der Waals surface area contributed by atoms with Crippen LogP contribution in [0.2, 0.25) is 0 Å². The minimum Gasteiger partial charge on any atom is -0.494 e. The van der Waals surface area contributed by atoms with Crippen molar-refractivity contribution in [3.63, 3.8) is 0 Å². The van der Waals surface area contributed by atoms with Crippen molar-refractivity contribution >= 4 is 37.5 Å². The van der Waals surface area contributed by atoms with Gasteiger partial charge in [0.25, 0.3) is 10.0 Å². The Morgan fingerprint density at radius 1 is 1.00 bits per heavy atom. The number of rotatable bonds is 8. The molecule has 0 saturated heterocycles. The molecule has 0 unspecified atom stereocenters. The van der Waals surface area contributed by atoms with E-state index in [0.29, 0.717) is 35.8 Å². The molecule has 0 atom stereocenters. The molecule has 0 radical (unpaired) electrons. The van der Waals surface area contributed by atoms with Crippen molar-refractivity contribution in [3.05, 3.63) is 53.0 Å². The lowest BCUT2D eigenvalue weighted by Crippen LogP contribution is -2.61. The standard InChI is InChI=1S/C26H31BrN2O4S/c1-2-33-23-7-5-22(6-8-23)29(34(31,32)24-9-3-21(27)4-10-24)17-25(30)28-26-14-18-11-19(15-26)13-20(12-18)16-26/h3-10,18-20H,2,11-17H2,1H3,(H,28,30). The summed E-state index contributed by atoms with van der Waals surface area (Å²) in [5, 5.41) is 3.31. The van der Waals surface area contributed by atoms with Gasteiger partial charge in [-0.1, -0.05) is 15.9 Å². The molecule has 0 spiro atoms. The van der Waals surface area contributed by atoms with Crippen LogP contribution < -0.4 is 14.4 Å². The average Bonchev–Trinajstić information content (AvgIpc) is 2.77. The Hall–Kier alpha value is -2.06. The minimum absolute atomic E-state index is 0.146. The van der Waals surface area contributed by atoms with E-state index in [1.165, 1.54) is 23.6 Å². The molecule has 1 N–H and O–H groups in total. The molecule has 34 heavy (non-hydrogen) atoms. The highest BCUT2D eigenvalue weighted by molar-refractivity contribution is 9.10. The van der Waals surface area contributed by atoms with Gasteiger partial charge in [0.05, 0.1) is 17.2 Å². The predicted molar refractivity (Wildman–Crippen MR) is 135 cm³/mol. The summed E-state index contributed by atoms with van der Waals surface area (Å²) in [6.07, 6.45) is 6.91. The fourth-order valence-electron chi connectivity index (χ4n) is 6.65. The largest absolute Gasteiger partial charge is 0.494 e. The van der Waals surface area contributed by atoms with Gasteiger partial charge >= 0.3 is 0 Å². The number of carbonyl (C=O) groups excluding carboxylic acids is 1. The number of sulfonamides is 1. The highest BCUT2D eigenvalue weighted by Crippen LogP contribution is 2.55. The summed E-state index contributed by atoms with van der Waals surface area (Å²) in [5.41, 5.74) is 0.268. The zero-order valence-corrected chi connectivity index (χ0v) is 21.8. The maximum absolute atomic E-state index is 13.7. The number of nitrogens with one attached hydrogen (secondary N) is 1. The summed E-state index contributed by atoms with van der Waals surface area (Å²) >= 11 is 3.36. The van der Waals surface area contributed by atoms with Crippen LogP contribution in [-0.2, 0) is 14.8 Å². The maximum atomic E-state index is 13.7. The fourth-order valence-corrected chi connectivity index (χ4v) is 8.34. The van der Waals surface area contributed by atoms with Crippen LogP contribution in [0.4, 0.5) is 5.69 Å². The molecule has 6 nitrogen and oxygen atoms in total. The quantitative estimate of drug-likeness (QED) is 0.498. The Labute approximate surface area is 210 Å². The van der Waals surface area contributed by atoms with Crippen LogP contribution in [0.25, 0.3) is 0 Å². The van der Waals surface area contributed by atoms with Crippen molar-refractivity contribution in [2.24, 2.45) is 17.8 Å². The lowest BCUT2D eigenvalue weighted by atomic mass is 9.53. The summed E-state index contributed by atoms with van der Waals surface area (Å²) in [6, 6.07) is 13.4. The molecule has 4 fully saturated rings. The number of benzene rings is 2. The van der Waals surface area contributed by atoms with Gasteiger partial charge in [-0.05, 0) is 112 Å². The van der Waals surface area contributed by atoms with Crippen LogP contribution >= 0.6 is 15.9 Å². The summed E-state index contributed by atoms with van der Waals surface area (Å²) in [5.74, 6) is 2.50. The van der Waals surface area contributed by atoms with Gasteiger partial charge in [0, 0.05) is 10.0 Å². The van der Waals surface area contributed by atoms with E-state index in [0.717, 1.165) is 23.7 Å². The van der Waals surface area contributed by atoms with Crippen molar-refractivity contribution < 1.29 is 17.9 Å². The lowest BCUT2D eigenvalue weighted by Gasteiger charge is -2.57. The maximum Gasteiger partial charge on any atom is 0.264 e. The second-order valence-corrected chi connectivity index (χ2v) is 12.9. The number of halogens is 1. The van der Waals surface area contributed by atoms with Crippen LogP contribution in [0.5, 0.6) is 5.75 Å². The molecule has 2 aromatic carbocycles. The van der Waals surface area contributed by atoms with Gasteiger partial charge in [-0.25, -0.2) is 8.42 Å². The summed E-state index contributed by atoms with van der Waals surface area (Å²) < 4.78 is 34.8. The van der Waals surface area contributed by atoms with Crippen molar-refractivity contribution in [1.29, 1.82) is 0 Å². The van der Waals surface area contributed by atoms with E-state index in [1.54, 1.807) is 48.5 Å². The van der Waals surface area contributed by atoms with Gasteiger partial charge < -0.3 is 10.1 Å². The first-order chi connectivity index (χ1) is 16.3. The topological polar surface area (TPSA) is 75.7 Å². The highest BCUT2D eigenvalue weighted by Gasteiger charge is 2.51. The molecular formula is C26H31BrN2O4S. The Morgan fingerprint density at radius 2 is 1.56 bits per heavy atom. The van der Waals surface area contributed by atoms with E-state index < -0.39 is 10.0 Å². The van der Waals surface area contributed by atoms with E-state index in [2.05, 4.69) is 21.2 Å². The number of nitrogens with zero attached hydrogens (tertiary/aromatic N) is 1. The number of carbonyl (C=O) groups is 1. The van der Waals surface area contributed by atoms with Crippen LogP contribution in [-0.4, -0.2) is 33.0 Å². The van der Waals surface area contributed by atoms with Crippen LogP contribution in [0, 0.1) is 17.8 Å². The monoisotopic (exact) mass is 546 g/mol. The summed E-state index contributed by atoms with van der Waals surface area (Å²) in [7, 11) is -3.95. The molecule has 0 aliphatic heterocycles. The predicted octanol–water partition coefficient (Wildman–Crippen LogP) is 5.13. The molecular weight excluding hydrogens is 516 g/mol. The highest BCUT2D eigenvalue weighted by atomic mass is 79.9. The van der Waals surface area contributed by atoms with Gasteiger partial charge in [0.1, 0.15) is 12.3 Å². The second-order valence-electron chi connectivity index (χ2n) is 10.1. The van der Waals surface area contributed by atoms with E-state index in [-0.39, 0.29) is 22.9 Å². The zero-order valence-electron chi connectivity index (χ0n) is 19.4. The minimum atomic E-state index is -3.95. The van der Waals surface area contributed by atoms with Crippen LogP contribution in [0.1, 0.15) is 45.4 Å². The number of ether oxygens (including phenoxy) is 1. The van der Waals surface area contributed by atoms with Crippen molar-refractivity contribution in [2.75, 3.05) is 17.5 Å². The Morgan fingerprint density at radius 3 is 2.09 bits per heavy atom. The SMILES string of the molecule is CCOc1ccc(N(CC(=O)NC23CC4CC(CC(C4)C2)C3)S(=O)(=O)c2ccc(Br)cc2)cc1. The molecule has 1 amide bonds. The van der Waals surface area contributed by atoms with Gasteiger partial charge in [0.2, 0.25) is 5.91 Å². The molecule has 0 heterocycles. The van der Waals surface area contributed by atoms with Crippen molar-refractivity contribution in [2.45, 2.75) is 55.9 Å². The molecule has 182 valence electrons. The van der Waals surface area contributed by atoms with Gasteiger partial charge in [-0.3, -0.25) is 9.10 Å². The molecule has 4 bridgehead atoms. The van der Waals surface area contributed by atoms with E-state index in [9.17, 15) is 13.2 Å². The Bertz CT molecular complexity index is 1110. The first kappa shape index (κ1) is 23.7. The number of amides is 1. The van der Waals surface area contributed by atoms with Crippen molar-refractivity contribution in [1.82, 2.24) is 5.32 Å². The Kier molecular flexibility index (Phi) is 6.40. The van der Waals surface area contributed by atoms with E-state index in [4.69, 9.17) is 4.74 Å². The van der Waals surface area contributed by atoms with Crippen LogP contribution in [0.15, 0.2) is 57.9 Å². The van der Waals surface area contributed by atoms with E-state index in [1.807, 2.05) is 6.92 Å². The molecule has 4 saturated carbocycles. The molecule has 8 heteroatoms. The molecule has 4 aliphatic carbocycles. The average molecular weight is 548 g/mol. The fraction of sp³-hybridized carbons (Fsp3) is 0.500. The first-order valence-electron chi connectivity index (χ1n) is 12.1. The Balaban J connectivity index is 1.41. The molecule has 4 aliphatic rings. The molecule has 6 rings (SSSR count). The van der Waals surface area contributed by atoms with Crippen LogP contribution in [0.3, 0.4) is 0 Å². The van der Waals surface area contributed by atoms with Gasteiger partial charge in [0.15, 0.2) is 0 Å². The number of hydrogen-bond donors (Lipinski definition) is 1. The smallest absolute Gasteiger partial charge is 0.264 e. The normalized spacial score (nSPS) is 27.4. The third kappa shape index (κ3) is 4.71. The lowest BCUT2D eigenvalue weighted by molar-refractivity contribution is -0.125. The third-order valence-electron chi connectivity index (χ3n) is 7.57. The zero-order chi connectivity index (χ0) is 23.9.